The van der Waals surface area contributed by atoms with E-state index in [0.717, 1.165) is 16.8 Å². The molecule has 2 aromatic carbocycles. The van der Waals surface area contributed by atoms with Gasteiger partial charge in [0.25, 0.3) is 10.0 Å². The molecule has 0 saturated heterocycles. The molecule has 8 heteroatoms. The van der Waals surface area contributed by atoms with Crippen LogP contribution < -0.4 is 5.32 Å². The molecule has 0 atom stereocenters. The average molecular weight is 397 g/mol. The van der Waals surface area contributed by atoms with Crippen molar-refractivity contribution in [3.8, 4) is 5.75 Å². The predicted octanol–water partition coefficient (Wildman–Crippen LogP) is 4.07. The first-order valence-corrected chi connectivity index (χ1v) is 10.4. The topological polar surface area (TPSA) is 91.1 Å². The lowest BCUT2D eigenvalue weighted by Crippen LogP contribution is -2.23. The number of amidine groups is 1. The number of phenols is 1. The Hall–Kier alpha value is -2.97. The van der Waals surface area contributed by atoms with Gasteiger partial charge in [0.15, 0.2) is 5.84 Å². The SMILES string of the molecule is Cc1ccc(C=Nc2ccsc2)c(C2=NS(=O)(=O)c3cc(O)ccc3N2)c1. The van der Waals surface area contributed by atoms with Gasteiger partial charge in [-0.3, -0.25) is 4.99 Å². The Bertz CT molecular complexity index is 1180. The van der Waals surface area contributed by atoms with Crippen molar-refractivity contribution >= 4 is 44.8 Å². The van der Waals surface area contributed by atoms with Crippen molar-refractivity contribution in [2.45, 2.75) is 11.8 Å². The number of benzene rings is 2. The number of sulfonamides is 1. The van der Waals surface area contributed by atoms with Crippen LogP contribution in [0.15, 0.2) is 67.5 Å². The summed E-state index contributed by atoms with van der Waals surface area (Å²) in [7, 11) is -3.93. The minimum atomic E-state index is -3.93. The fourth-order valence-corrected chi connectivity index (χ4v) is 4.45. The van der Waals surface area contributed by atoms with E-state index < -0.39 is 10.0 Å². The number of nitrogens with zero attached hydrogens (tertiary/aromatic N) is 2. The second-order valence-electron chi connectivity index (χ2n) is 6.05. The van der Waals surface area contributed by atoms with Gasteiger partial charge in [-0.2, -0.15) is 19.8 Å². The van der Waals surface area contributed by atoms with Gasteiger partial charge in [0, 0.05) is 28.8 Å². The number of aromatic hydroxyl groups is 1. The van der Waals surface area contributed by atoms with E-state index in [1.165, 1.54) is 18.2 Å². The smallest absolute Gasteiger partial charge is 0.286 e. The van der Waals surface area contributed by atoms with E-state index >= 15 is 0 Å². The normalized spacial score (nSPS) is 15.2. The third-order valence-electron chi connectivity index (χ3n) is 4.03. The molecule has 136 valence electrons. The average Bonchev–Trinajstić information content (AvgIpc) is 3.14. The standard InChI is InChI=1S/C19H15N3O3S2/c1-12-2-3-13(10-20-14-6-7-26-11-14)16(8-12)19-21-17-5-4-15(23)9-18(17)27(24,25)22-19/h2-11,23H,1H3,(H,21,22). The van der Waals surface area contributed by atoms with Crippen molar-refractivity contribution in [1.29, 1.82) is 0 Å². The molecule has 6 nitrogen and oxygen atoms in total. The first-order valence-electron chi connectivity index (χ1n) is 8.05. The zero-order valence-electron chi connectivity index (χ0n) is 14.2. The third kappa shape index (κ3) is 3.49. The minimum absolute atomic E-state index is 0.0487. The molecule has 1 aliphatic heterocycles. The van der Waals surface area contributed by atoms with Crippen LogP contribution in [0.5, 0.6) is 5.75 Å². The zero-order chi connectivity index (χ0) is 19.0. The molecule has 0 unspecified atom stereocenters. The third-order valence-corrected chi connectivity index (χ3v) is 6.02. The van der Waals surface area contributed by atoms with Crippen LogP contribution >= 0.6 is 11.3 Å². The summed E-state index contributed by atoms with van der Waals surface area (Å²) in [5.74, 6) is 0.0978. The van der Waals surface area contributed by atoms with Crippen molar-refractivity contribution in [2.75, 3.05) is 5.32 Å². The summed E-state index contributed by atoms with van der Waals surface area (Å²) in [4.78, 5) is 4.39. The molecule has 27 heavy (non-hydrogen) atoms. The lowest BCUT2D eigenvalue weighted by atomic mass is 10.0. The Morgan fingerprint density at radius 3 is 2.81 bits per heavy atom. The van der Waals surface area contributed by atoms with Crippen molar-refractivity contribution in [3.63, 3.8) is 0 Å². The number of aryl methyl sites for hydroxylation is 1. The van der Waals surface area contributed by atoms with Gasteiger partial charge in [-0.25, -0.2) is 0 Å². The molecule has 0 amide bonds. The maximum atomic E-state index is 12.6. The van der Waals surface area contributed by atoms with E-state index in [2.05, 4.69) is 14.7 Å². The number of nitrogens with one attached hydrogen (secondary N) is 1. The van der Waals surface area contributed by atoms with Gasteiger partial charge in [-0.05, 0) is 36.6 Å². The molecule has 1 aliphatic rings. The number of hydrogen-bond donors (Lipinski definition) is 2. The molecule has 0 bridgehead atoms. The second kappa shape index (κ2) is 6.64. The summed E-state index contributed by atoms with van der Waals surface area (Å²) in [5.41, 5.74) is 3.56. The highest BCUT2D eigenvalue weighted by molar-refractivity contribution is 7.90. The van der Waals surface area contributed by atoms with Crippen molar-refractivity contribution < 1.29 is 13.5 Å². The first kappa shape index (κ1) is 17.4. The maximum Gasteiger partial charge on any atom is 0.286 e. The predicted molar refractivity (Wildman–Crippen MR) is 108 cm³/mol. The molecule has 4 rings (SSSR count). The van der Waals surface area contributed by atoms with Gasteiger partial charge in [-0.15, -0.1) is 4.40 Å². The van der Waals surface area contributed by atoms with Gasteiger partial charge < -0.3 is 10.4 Å². The van der Waals surface area contributed by atoms with E-state index in [-0.39, 0.29) is 16.5 Å². The number of anilines is 1. The number of fused-ring (bicyclic) bond motifs is 1. The summed E-state index contributed by atoms with van der Waals surface area (Å²) >= 11 is 1.55. The largest absolute Gasteiger partial charge is 0.508 e. The summed E-state index contributed by atoms with van der Waals surface area (Å²) in [6.07, 6.45) is 1.69. The summed E-state index contributed by atoms with van der Waals surface area (Å²) < 4.78 is 29.1. The molecule has 2 heterocycles. The molecule has 0 spiro atoms. The summed E-state index contributed by atoms with van der Waals surface area (Å²) in [6.45, 7) is 1.92. The van der Waals surface area contributed by atoms with Gasteiger partial charge in [0.1, 0.15) is 10.6 Å². The first-order chi connectivity index (χ1) is 12.9. The highest BCUT2D eigenvalue weighted by atomic mass is 32.2. The fourth-order valence-electron chi connectivity index (χ4n) is 2.73. The second-order valence-corrected chi connectivity index (χ2v) is 8.40. The fraction of sp³-hybridized carbons (Fsp3) is 0.0526. The van der Waals surface area contributed by atoms with E-state index in [0.29, 0.717) is 11.3 Å². The van der Waals surface area contributed by atoms with Crippen LogP contribution in [-0.4, -0.2) is 25.6 Å². The van der Waals surface area contributed by atoms with Crippen LogP contribution in [0, 0.1) is 6.92 Å². The van der Waals surface area contributed by atoms with E-state index in [4.69, 9.17) is 0 Å². The van der Waals surface area contributed by atoms with Crippen LogP contribution in [-0.2, 0) is 10.0 Å². The quantitative estimate of drug-likeness (QED) is 0.515. The number of thiophene rings is 1. The van der Waals surface area contributed by atoms with E-state index in [1.807, 2.05) is 41.9 Å². The van der Waals surface area contributed by atoms with Crippen molar-refractivity contribution in [3.05, 3.63) is 69.9 Å². The van der Waals surface area contributed by atoms with Crippen LogP contribution in [0.3, 0.4) is 0 Å². The number of hydrogen-bond acceptors (Lipinski definition) is 6. The molecular weight excluding hydrogens is 382 g/mol. The van der Waals surface area contributed by atoms with Crippen LogP contribution in [0.25, 0.3) is 0 Å². The molecule has 0 aliphatic carbocycles. The molecular formula is C19H15N3O3S2. The molecule has 0 fully saturated rings. The lowest BCUT2D eigenvalue weighted by molar-refractivity contribution is 0.473. The van der Waals surface area contributed by atoms with Gasteiger partial charge in [-0.1, -0.05) is 17.7 Å². The van der Waals surface area contributed by atoms with E-state index in [9.17, 15) is 13.5 Å². The van der Waals surface area contributed by atoms with Crippen LogP contribution in [0.1, 0.15) is 16.7 Å². The Balaban J connectivity index is 1.81. The summed E-state index contributed by atoms with van der Waals surface area (Å²) in [6, 6.07) is 11.7. The van der Waals surface area contributed by atoms with Crippen molar-refractivity contribution in [2.24, 2.45) is 9.39 Å². The Labute approximate surface area is 160 Å². The number of phenolic OH excluding ortho intramolecular Hbond substituents is 1. The Morgan fingerprint density at radius 2 is 2.04 bits per heavy atom. The lowest BCUT2D eigenvalue weighted by Gasteiger charge is -2.19. The minimum Gasteiger partial charge on any atom is -0.508 e. The molecule has 2 N–H and O–H groups in total. The monoisotopic (exact) mass is 397 g/mol. The molecule has 0 saturated carbocycles. The van der Waals surface area contributed by atoms with Crippen LogP contribution in [0.2, 0.25) is 0 Å². The number of rotatable bonds is 3. The highest BCUT2D eigenvalue weighted by Crippen LogP contribution is 2.32. The summed E-state index contributed by atoms with van der Waals surface area (Å²) in [5, 5.41) is 16.5. The Kier molecular flexibility index (Phi) is 4.29. The molecule has 0 radical (unpaired) electrons. The van der Waals surface area contributed by atoms with Crippen LogP contribution in [0.4, 0.5) is 11.4 Å². The Morgan fingerprint density at radius 1 is 1.19 bits per heavy atom. The zero-order valence-corrected chi connectivity index (χ0v) is 15.9. The maximum absolute atomic E-state index is 12.6. The van der Waals surface area contributed by atoms with Gasteiger partial charge in [0.05, 0.1) is 11.4 Å². The molecule has 3 aromatic rings. The van der Waals surface area contributed by atoms with Gasteiger partial charge >= 0.3 is 0 Å². The van der Waals surface area contributed by atoms with Gasteiger partial charge in [0.2, 0.25) is 0 Å². The van der Waals surface area contributed by atoms with Crippen molar-refractivity contribution in [1.82, 2.24) is 0 Å². The highest BCUT2D eigenvalue weighted by Gasteiger charge is 2.26. The number of aliphatic imine (C=N–C) groups is 1. The molecule has 1 aromatic heterocycles. The van der Waals surface area contributed by atoms with E-state index in [1.54, 1.807) is 17.6 Å².